The van der Waals surface area contributed by atoms with Crippen LogP contribution in [0.2, 0.25) is 0 Å². The van der Waals surface area contributed by atoms with Gasteiger partial charge in [0.25, 0.3) is 0 Å². The molecule has 1 aliphatic heterocycles. The number of hydrogen-bond acceptors (Lipinski definition) is 3. The summed E-state index contributed by atoms with van der Waals surface area (Å²) >= 11 is 1.90. The van der Waals surface area contributed by atoms with E-state index >= 15 is 0 Å². The fourth-order valence-electron chi connectivity index (χ4n) is 3.31. The van der Waals surface area contributed by atoms with Crippen molar-refractivity contribution < 1.29 is 0 Å². The molecule has 1 aromatic rings. The third-order valence-corrected chi connectivity index (χ3v) is 5.45. The molecular formula is C15H24N2S. The molecule has 2 heterocycles. The van der Waals surface area contributed by atoms with Crippen LogP contribution in [0.25, 0.3) is 0 Å². The molecule has 0 spiro atoms. The van der Waals surface area contributed by atoms with Crippen LogP contribution < -0.4 is 5.32 Å². The number of thiazole rings is 1. The highest BCUT2D eigenvalue weighted by atomic mass is 32.1. The first-order chi connectivity index (χ1) is 8.92. The van der Waals surface area contributed by atoms with Crippen molar-refractivity contribution >= 4 is 11.3 Å². The predicted octanol–water partition coefficient (Wildman–Crippen LogP) is 3.73. The Balaban J connectivity index is 1.52. The van der Waals surface area contributed by atoms with Gasteiger partial charge in [0.05, 0.1) is 10.7 Å². The normalized spacial score (nSPS) is 25.7. The summed E-state index contributed by atoms with van der Waals surface area (Å²) in [5, 5.41) is 7.16. The SMILES string of the molecule is c1sc(CCC2CCNC2)nc1C1CCCCC1. The highest BCUT2D eigenvalue weighted by Gasteiger charge is 2.19. The second-order valence-corrected chi connectivity index (χ2v) is 6.84. The molecule has 18 heavy (non-hydrogen) atoms. The largest absolute Gasteiger partial charge is 0.316 e. The Morgan fingerprint density at radius 2 is 2.11 bits per heavy atom. The van der Waals surface area contributed by atoms with Crippen molar-refractivity contribution in [3.63, 3.8) is 0 Å². The fraction of sp³-hybridized carbons (Fsp3) is 0.800. The summed E-state index contributed by atoms with van der Waals surface area (Å²) < 4.78 is 0. The molecule has 2 aliphatic rings. The maximum atomic E-state index is 4.89. The van der Waals surface area contributed by atoms with Gasteiger partial charge in [-0.2, -0.15) is 0 Å². The minimum Gasteiger partial charge on any atom is -0.316 e. The molecule has 1 atom stereocenters. The Bertz CT molecular complexity index is 362. The van der Waals surface area contributed by atoms with Gasteiger partial charge in [0.15, 0.2) is 0 Å². The molecule has 0 bridgehead atoms. The minimum absolute atomic E-state index is 0.775. The number of nitrogens with one attached hydrogen (secondary N) is 1. The van der Waals surface area contributed by atoms with E-state index in [2.05, 4.69) is 10.7 Å². The smallest absolute Gasteiger partial charge is 0.0928 e. The zero-order valence-corrected chi connectivity index (χ0v) is 12.0. The first-order valence-corrected chi connectivity index (χ1v) is 8.45. The van der Waals surface area contributed by atoms with Crippen LogP contribution in [0.15, 0.2) is 5.38 Å². The van der Waals surface area contributed by atoms with E-state index in [1.54, 1.807) is 0 Å². The summed E-state index contributed by atoms with van der Waals surface area (Å²) in [5.41, 5.74) is 1.40. The van der Waals surface area contributed by atoms with E-state index in [4.69, 9.17) is 4.98 Å². The fourth-order valence-corrected chi connectivity index (χ4v) is 4.21. The molecule has 2 fully saturated rings. The Labute approximate surface area is 114 Å². The maximum absolute atomic E-state index is 4.89. The van der Waals surface area contributed by atoms with Crippen LogP contribution in [-0.4, -0.2) is 18.1 Å². The minimum atomic E-state index is 0.775. The van der Waals surface area contributed by atoms with Gasteiger partial charge < -0.3 is 5.32 Å². The summed E-state index contributed by atoms with van der Waals surface area (Å²) in [5.74, 6) is 1.67. The Kier molecular flexibility index (Phi) is 4.32. The molecule has 1 aliphatic carbocycles. The van der Waals surface area contributed by atoms with Gasteiger partial charge in [0.2, 0.25) is 0 Å². The Morgan fingerprint density at radius 3 is 2.89 bits per heavy atom. The number of nitrogens with zero attached hydrogens (tertiary/aromatic N) is 1. The molecule has 100 valence electrons. The number of hydrogen-bond donors (Lipinski definition) is 1. The van der Waals surface area contributed by atoms with Crippen LogP contribution >= 0.6 is 11.3 Å². The van der Waals surface area contributed by atoms with Gasteiger partial charge >= 0.3 is 0 Å². The molecule has 0 amide bonds. The Morgan fingerprint density at radius 1 is 1.22 bits per heavy atom. The molecule has 0 radical (unpaired) electrons. The average Bonchev–Trinajstić information content (AvgIpc) is 3.09. The van der Waals surface area contributed by atoms with Crippen molar-refractivity contribution in [1.82, 2.24) is 10.3 Å². The van der Waals surface area contributed by atoms with Crippen molar-refractivity contribution in [3.05, 3.63) is 16.1 Å². The monoisotopic (exact) mass is 264 g/mol. The van der Waals surface area contributed by atoms with E-state index < -0.39 is 0 Å². The van der Waals surface area contributed by atoms with Gasteiger partial charge in [-0.3, -0.25) is 0 Å². The van der Waals surface area contributed by atoms with Gasteiger partial charge in [-0.15, -0.1) is 11.3 Å². The van der Waals surface area contributed by atoms with Crippen LogP contribution in [-0.2, 0) is 6.42 Å². The number of aromatic nitrogens is 1. The summed E-state index contributed by atoms with van der Waals surface area (Å²) in [6.45, 7) is 2.44. The second kappa shape index (κ2) is 6.16. The lowest BCUT2D eigenvalue weighted by Gasteiger charge is -2.19. The standard InChI is InChI=1S/C15H24N2S/c1-2-4-13(5-3-1)14-11-18-15(17-14)7-6-12-8-9-16-10-12/h11-13,16H,1-10H2. The van der Waals surface area contributed by atoms with Gasteiger partial charge in [-0.1, -0.05) is 19.3 Å². The summed E-state index contributed by atoms with van der Waals surface area (Å²) in [6.07, 6.45) is 10.9. The van der Waals surface area contributed by atoms with Crippen LogP contribution in [0.1, 0.15) is 61.6 Å². The van der Waals surface area contributed by atoms with Gasteiger partial charge in [0, 0.05) is 11.3 Å². The molecule has 2 nitrogen and oxygen atoms in total. The van der Waals surface area contributed by atoms with Crippen LogP contribution in [0.5, 0.6) is 0 Å². The molecule has 1 saturated carbocycles. The first kappa shape index (κ1) is 12.6. The topological polar surface area (TPSA) is 24.9 Å². The van der Waals surface area contributed by atoms with Crippen LogP contribution in [0.3, 0.4) is 0 Å². The van der Waals surface area contributed by atoms with E-state index in [-0.39, 0.29) is 0 Å². The molecule has 1 unspecified atom stereocenters. The average molecular weight is 264 g/mol. The summed E-state index contributed by atoms with van der Waals surface area (Å²) in [6, 6.07) is 0. The van der Waals surface area contributed by atoms with E-state index in [0.717, 1.165) is 11.8 Å². The lowest BCUT2D eigenvalue weighted by molar-refractivity contribution is 0.437. The maximum Gasteiger partial charge on any atom is 0.0928 e. The second-order valence-electron chi connectivity index (χ2n) is 5.90. The third kappa shape index (κ3) is 3.12. The zero-order valence-electron chi connectivity index (χ0n) is 11.2. The lowest BCUT2D eigenvalue weighted by Crippen LogP contribution is -2.09. The van der Waals surface area contributed by atoms with Crippen molar-refractivity contribution in [2.75, 3.05) is 13.1 Å². The highest BCUT2D eigenvalue weighted by Crippen LogP contribution is 2.33. The molecule has 0 aromatic carbocycles. The van der Waals surface area contributed by atoms with Crippen LogP contribution in [0.4, 0.5) is 0 Å². The van der Waals surface area contributed by atoms with Crippen molar-refractivity contribution in [2.45, 2.75) is 57.3 Å². The highest BCUT2D eigenvalue weighted by molar-refractivity contribution is 7.09. The zero-order chi connectivity index (χ0) is 12.2. The molecule has 3 heteroatoms. The van der Waals surface area contributed by atoms with E-state index in [1.165, 1.54) is 75.2 Å². The van der Waals surface area contributed by atoms with Crippen molar-refractivity contribution in [3.8, 4) is 0 Å². The van der Waals surface area contributed by atoms with Gasteiger partial charge in [0.1, 0.15) is 0 Å². The first-order valence-electron chi connectivity index (χ1n) is 7.57. The van der Waals surface area contributed by atoms with Gasteiger partial charge in [-0.05, 0) is 51.1 Å². The van der Waals surface area contributed by atoms with E-state index in [1.807, 2.05) is 11.3 Å². The van der Waals surface area contributed by atoms with E-state index in [0.29, 0.717) is 0 Å². The summed E-state index contributed by atoms with van der Waals surface area (Å²) in [4.78, 5) is 4.89. The van der Waals surface area contributed by atoms with Crippen molar-refractivity contribution in [2.24, 2.45) is 5.92 Å². The third-order valence-electron chi connectivity index (χ3n) is 4.52. The lowest BCUT2D eigenvalue weighted by atomic mass is 9.87. The number of aryl methyl sites for hydroxylation is 1. The Hall–Kier alpha value is -0.410. The molecule has 1 N–H and O–H groups in total. The molecule has 1 aromatic heterocycles. The quantitative estimate of drug-likeness (QED) is 0.896. The number of rotatable bonds is 4. The van der Waals surface area contributed by atoms with Crippen molar-refractivity contribution in [1.29, 1.82) is 0 Å². The van der Waals surface area contributed by atoms with Gasteiger partial charge in [-0.25, -0.2) is 4.98 Å². The summed E-state index contributed by atoms with van der Waals surface area (Å²) in [7, 11) is 0. The van der Waals surface area contributed by atoms with E-state index in [9.17, 15) is 0 Å². The predicted molar refractivity (Wildman–Crippen MR) is 77.2 cm³/mol. The molecule has 3 rings (SSSR count). The molecular weight excluding hydrogens is 240 g/mol. The molecule has 1 saturated heterocycles. The van der Waals surface area contributed by atoms with Crippen LogP contribution in [0, 0.1) is 5.92 Å².